The van der Waals surface area contributed by atoms with Crippen LogP contribution in [-0.4, -0.2) is 29.8 Å². The van der Waals surface area contributed by atoms with Gasteiger partial charge in [0.1, 0.15) is 5.75 Å². The minimum Gasteiger partial charge on any atom is -0.494 e. The van der Waals surface area contributed by atoms with Gasteiger partial charge in [0, 0.05) is 16.9 Å². The van der Waals surface area contributed by atoms with Crippen molar-refractivity contribution in [3.63, 3.8) is 0 Å². The summed E-state index contributed by atoms with van der Waals surface area (Å²) in [6, 6.07) is 7.89. The Kier molecular flexibility index (Phi) is 6.51. The van der Waals surface area contributed by atoms with E-state index in [9.17, 15) is 9.90 Å². The average Bonchev–Trinajstić information content (AvgIpc) is 2.48. The Morgan fingerprint density at radius 3 is 2.57 bits per heavy atom. The summed E-state index contributed by atoms with van der Waals surface area (Å²) < 4.78 is 6.60. The number of halogens is 1. The van der Waals surface area contributed by atoms with Crippen LogP contribution >= 0.6 is 15.9 Å². The second-order valence-corrected chi connectivity index (χ2v) is 6.39. The summed E-state index contributed by atoms with van der Waals surface area (Å²) in [6.45, 7) is 0.540. The lowest BCUT2D eigenvalue weighted by atomic mass is 9.93. The number of carbonyl (C=O) groups is 1. The molecule has 0 saturated heterocycles. The fourth-order valence-corrected chi connectivity index (χ4v) is 2.74. The maximum absolute atomic E-state index is 11.8. The fraction of sp³-hybridized carbons (Fsp3) is 0.562. The van der Waals surface area contributed by atoms with E-state index in [1.807, 2.05) is 24.3 Å². The second kappa shape index (κ2) is 8.39. The number of aliphatic hydroxyl groups excluding tert-OH is 1. The number of hydrogen-bond donors (Lipinski definition) is 2. The molecule has 21 heavy (non-hydrogen) atoms. The zero-order valence-electron chi connectivity index (χ0n) is 12.1. The third-order valence-electron chi connectivity index (χ3n) is 3.69. The van der Waals surface area contributed by atoms with Gasteiger partial charge in [0.05, 0.1) is 12.7 Å². The van der Waals surface area contributed by atoms with Crippen molar-refractivity contribution >= 4 is 21.8 Å². The highest BCUT2D eigenvalue weighted by molar-refractivity contribution is 9.10. The Bertz CT molecular complexity index is 441. The van der Waals surface area contributed by atoms with Gasteiger partial charge in [0.2, 0.25) is 5.91 Å². The molecule has 0 heterocycles. The van der Waals surface area contributed by atoms with Gasteiger partial charge in [-0.1, -0.05) is 15.9 Å². The van der Waals surface area contributed by atoms with Crippen LogP contribution in [-0.2, 0) is 4.79 Å². The molecule has 0 aliphatic heterocycles. The quantitative estimate of drug-likeness (QED) is 0.771. The maximum Gasteiger partial charge on any atom is 0.220 e. The van der Waals surface area contributed by atoms with Crippen LogP contribution in [0.15, 0.2) is 28.7 Å². The zero-order chi connectivity index (χ0) is 15.1. The molecule has 0 aromatic heterocycles. The molecule has 0 bridgehead atoms. The largest absolute Gasteiger partial charge is 0.494 e. The van der Waals surface area contributed by atoms with Crippen molar-refractivity contribution in [2.75, 3.05) is 6.61 Å². The molecule has 1 saturated carbocycles. The molecule has 0 radical (unpaired) electrons. The lowest BCUT2D eigenvalue weighted by Gasteiger charge is -2.26. The fourth-order valence-electron chi connectivity index (χ4n) is 2.47. The molecule has 2 rings (SSSR count). The number of benzene rings is 1. The van der Waals surface area contributed by atoms with Gasteiger partial charge in [0.25, 0.3) is 0 Å². The number of amides is 1. The van der Waals surface area contributed by atoms with E-state index in [0.717, 1.165) is 35.9 Å². The molecule has 0 spiro atoms. The summed E-state index contributed by atoms with van der Waals surface area (Å²) in [5.74, 6) is 0.899. The van der Waals surface area contributed by atoms with Crippen LogP contribution in [0.2, 0.25) is 0 Å². The van der Waals surface area contributed by atoms with Crippen LogP contribution < -0.4 is 10.1 Å². The van der Waals surface area contributed by atoms with Crippen molar-refractivity contribution < 1.29 is 14.6 Å². The minimum absolute atomic E-state index is 0.0794. The number of rotatable bonds is 6. The smallest absolute Gasteiger partial charge is 0.220 e. The Labute approximate surface area is 134 Å². The van der Waals surface area contributed by atoms with E-state index < -0.39 is 0 Å². The summed E-state index contributed by atoms with van der Waals surface area (Å²) in [5.41, 5.74) is 0. The van der Waals surface area contributed by atoms with E-state index in [1.165, 1.54) is 0 Å². The highest BCUT2D eigenvalue weighted by Crippen LogP contribution is 2.18. The second-order valence-electron chi connectivity index (χ2n) is 5.48. The first-order valence-electron chi connectivity index (χ1n) is 7.49. The molecule has 5 heteroatoms. The first kappa shape index (κ1) is 16.3. The molecule has 1 aromatic rings. The number of nitrogens with one attached hydrogen (secondary N) is 1. The standard InChI is InChI=1S/C16H22BrNO3/c17-12-3-9-15(10-4-12)21-11-1-2-16(20)18-13-5-7-14(19)8-6-13/h3-4,9-10,13-14,19H,1-2,5-8,11H2,(H,18,20). The maximum atomic E-state index is 11.8. The Balaban J connectivity index is 1.58. The molecule has 0 unspecified atom stereocenters. The van der Waals surface area contributed by atoms with Crippen molar-refractivity contribution in [1.29, 1.82) is 0 Å². The number of hydrogen-bond acceptors (Lipinski definition) is 3. The lowest BCUT2D eigenvalue weighted by molar-refractivity contribution is -0.122. The molecule has 0 atom stereocenters. The number of aliphatic hydroxyl groups is 1. The third kappa shape index (κ3) is 6.06. The Morgan fingerprint density at radius 1 is 1.24 bits per heavy atom. The van der Waals surface area contributed by atoms with Crippen molar-refractivity contribution in [2.24, 2.45) is 0 Å². The van der Waals surface area contributed by atoms with Gasteiger partial charge >= 0.3 is 0 Å². The van der Waals surface area contributed by atoms with Gasteiger partial charge in [-0.3, -0.25) is 4.79 Å². The van der Waals surface area contributed by atoms with Gasteiger partial charge in [0.15, 0.2) is 0 Å². The topological polar surface area (TPSA) is 58.6 Å². The van der Waals surface area contributed by atoms with E-state index in [4.69, 9.17) is 4.74 Å². The summed E-state index contributed by atoms with van der Waals surface area (Å²) in [7, 11) is 0. The van der Waals surface area contributed by atoms with Crippen molar-refractivity contribution in [2.45, 2.75) is 50.7 Å². The first-order chi connectivity index (χ1) is 10.1. The van der Waals surface area contributed by atoms with Crippen LogP contribution in [0.1, 0.15) is 38.5 Å². The van der Waals surface area contributed by atoms with Gasteiger partial charge in [-0.25, -0.2) is 0 Å². The van der Waals surface area contributed by atoms with Gasteiger partial charge in [-0.05, 0) is 56.4 Å². The number of ether oxygens (including phenoxy) is 1. The van der Waals surface area contributed by atoms with Crippen molar-refractivity contribution in [3.8, 4) is 5.75 Å². The lowest BCUT2D eigenvalue weighted by Crippen LogP contribution is -2.38. The van der Waals surface area contributed by atoms with Crippen LogP contribution in [0.4, 0.5) is 0 Å². The summed E-state index contributed by atoms with van der Waals surface area (Å²) >= 11 is 3.37. The summed E-state index contributed by atoms with van der Waals surface area (Å²) in [5, 5.41) is 12.5. The van der Waals surface area contributed by atoms with Gasteiger partial charge in [-0.15, -0.1) is 0 Å². The predicted molar refractivity (Wildman–Crippen MR) is 85.3 cm³/mol. The minimum atomic E-state index is -0.183. The van der Waals surface area contributed by atoms with E-state index in [0.29, 0.717) is 19.4 Å². The third-order valence-corrected chi connectivity index (χ3v) is 4.22. The Hall–Kier alpha value is -1.07. The number of carbonyl (C=O) groups excluding carboxylic acids is 1. The molecule has 1 aliphatic carbocycles. The van der Waals surface area contributed by atoms with Crippen LogP contribution in [0.3, 0.4) is 0 Å². The monoisotopic (exact) mass is 355 g/mol. The molecule has 1 aromatic carbocycles. The van der Waals surface area contributed by atoms with Gasteiger partial charge < -0.3 is 15.2 Å². The summed E-state index contributed by atoms with van der Waals surface area (Å²) in [4.78, 5) is 11.8. The molecule has 116 valence electrons. The molecule has 1 fully saturated rings. The molecular weight excluding hydrogens is 334 g/mol. The predicted octanol–water partition coefficient (Wildman–Crippen LogP) is 3.03. The van der Waals surface area contributed by atoms with Crippen LogP contribution in [0.25, 0.3) is 0 Å². The molecule has 1 aliphatic rings. The zero-order valence-corrected chi connectivity index (χ0v) is 13.6. The molecule has 2 N–H and O–H groups in total. The van der Waals surface area contributed by atoms with Crippen molar-refractivity contribution in [3.05, 3.63) is 28.7 Å². The SMILES string of the molecule is O=C(CCCOc1ccc(Br)cc1)NC1CCC(O)CC1. The highest BCUT2D eigenvalue weighted by atomic mass is 79.9. The normalized spacial score (nSPS) is 21.8. The first-order valence-corrected chi connectivity index (χ1v) is 8.28. The van der Waals surface area contributed by atoms with Crippen LogP contribution in [0.5, 0.6) is 5.75 Å². The van der Waals surface area contributed by atoms with Gasteiger partial charge in [-0.2, -0.15) is 0 Å². The van der Waals surface area contributed by atoms with E-state index in [2.05, 4.69) is 21.2 Å². The van der Waals surface area contributed by atoms with E-state index >= 15 is 0 Å². The average molecular weight is 356 g/mol. The van der Waals surface area contributed by atoms with Crippen molar-refractivity contribution in [1.82, 2.24) is 5.32 Å². The summed E-state index contributed by atoms with van der Waals surface area (Å²) in [6.07, 6.45) is 4.34. The Morgan fingerprint density at radius 2 is 1.90 bits per heavy atom. The van der Waals surface area contributed by atoms with E-state index in [-0.39, 0.29) is 18.1 Å². The van der Waals surface area contributed by atoms with Crippen LogP contribution in [0, 0.1) is 0 Å². The molecule has 4 nitrogen and oxygen atoms in total. The molecule has 1 amide bonds. The molecular formula is C16H22BrNO3. The highest BCUT2D eigenvalue weighted by Gasteiger charge is 2.20. The van der Waals surface area contributed by atoms with E-state index in [1.54, 1.807) is 0 Å².